The largest absolute Gasteiger partial charge is 0.350 e. The Kier molecular flexibility index (Phi) is 5.47. The zero-order valence-electron chi connectivity index (χ0n) is 12.1. The molecule has 0 aromatic carbocycles. The number of amides is 1. The Bertz CT molecular complexity index is 610. The number of rotatable bonds is 4. The maximum atomic E-state index is 12.1. The first kappa shape index (κ1) is 16.4. The highest BCUT2D eigenvalue weighted by Crippen LogP contribution is 2.10. The molecule has 0 bridgehead atoms. The van der Waals surface area contributed by atoms with Crippen molar-refractivity contribution in [2.75, 3.05) is 13.6 Å². The summed E-state index contributed by atoms with van der Waals surface area (Å²) in [5, 5.41) is 10.3. The molecule has 0 fully saturated rings. The third kappa shape index (κ3) is 3.26. The topological polar surface area (TPSA) is 71.3 Å². The van der Waals surface area contributed by atoms with E-state index < -0.39 is 0 Å². The van der Waals surface area contributed by atoms with E-state index in [1.807, 2.05) is 33.9 Å². The summed E-state index contributed by atoms with van der Waals surface area (Å²) in [5.74, 6) is -0.123. The molecule has 2 N–H and O–H groups in total. The van der Waals surface area contributed by atoms with Gasteiger partial charge in [-0.2, -0.15) is 5.10 Å². The zero-order chi connectivity index (χ0) is 14.0. The smallest absolute Gasteiger partial charge is 0.254 e. The van der Waals surface area contributed by atoms with Gasteiger partial charge in [0.15, 0.2) is 5.65 Å². The molecule has 0 aliphatic rings. The summed E-state index contributed by atoms with van der Waals surface area (Å²) in [6, 6.07) is 2.12. The normalized spacial score (nSPS) is 12.0. The van der Waals surface area contributed by atoms with Gasteiger partial charge in [0.2, 0.25) is 0 Å². The Balaban J connectivity index is 0.00000200. The van der Waals surface area contributed by atoms with Crippen LogP contribution in [0, 0.1) is 13.8 Å². The summed E-state index contributed by atoms with van der Waals surface area (Å²) in [4.78, 5) is 16.4. The first-order valence-electron chi connectivity index (χ1n) is 6.30. The van der Waals surface area contributed by atoms with Crippen LogP contribution in [0.1, 0.15) is 28.7 Å². The lowest BCUT2D eigenvalue weighted by Gasteiger charge is -2.12. The van der Waals surface area contributed by atoms with Crippen LogP contribution in [-0.4, -0.2) is 40.1 Å². The molecule has 0 spiro atoms. The third-order valence-electron chi connectivity index (χ3n) is 3.15. The van der Waals surface area contributed by atoms with E-state index in [1.165, 1.54) is 0 Å². The number of hydrogen-bond acceptors (Lipinski definition) is 4. The number of fused-ring (bicyclic) bond motifs is 1. The molecule has 0 radical (unpaired) electrons. The molecule has 1 atom stereocenters. The Morgan fingerprint density at radius 1 is 1.45 bits per heavy atom. The molecular weight excluding hydrogens is 278 g/mol. The van der Waals surface area contributed by atoms with Gasteiger partial charge in [-0.05, 0) is 27.8 Å². The highest BCUT2D eigenvalue weighted by Gasteiger charge is 2.14. The Labute approximate surface area is 124 Å². The molecule has 110 valence electrons. The molecule has 6 nitrogen and oxygen atoms in total. The minimum absolute atomic E-state index is 0. The van der Waals surface area contributed by atoms with Crippen LogP contribution in [0.5, 0.6) is 0 Å². The summed E-state index contributed by atoms with van der Waals surface area (Å²) in [7, 11) is 1.86. The standard InChI is InChI=1S/C13H19N5O.ClH/c1-8-5-12-15-7-11(10(3)18(12)17-8)13(19)16-6-9(2)14-4;/h5,7,9,14H,6H2,1-4H3,(H,16,19);1H. The summed E-state index contributed by atoms with van der Waals surface area (Å²) in [6.07, 6.45) is 1.60. The summed E-state index contributed by atoms with van der Waals surface area (Å²) < 4.78 is 1.70. The highest BCUT2D eigenvalue weighted by atomic mass is 35.5. The van der Waals surface area contributed by atoms with Crippen molar-refractivity contribution in [3.05, 3.63) is 29.2 Å². The molecule has 0 aliphatic heterocycles. The molecule has 0 saturated carbocycles. The van der Waals surface area contributed by atoms with Gasteiger partial charge in [0.05, 0.1) is 17.0 Å². The van der Waals surface area contributed by atoms with Crippen LogP contribution in [0.3, 0.4) is 0 Å². The van der Waals surface area contributed by atoms with E-state index in [4.69, 9.17) is 0 Å². The molecule has 2 heterocycles. The van der Waals surface area contributed by atoms with E-state index in [-0.39, 0.29) is 24.4 Å². The van der Waals surface area contributed by atoms with Crippen molar-refractivity contribution in [3.63, 3.8) is 0 Å². The van der Waals surface area contributed by atoms with Gasteiger partial charge in [-0.1, -0.05) is 0 Å². The lowest BCUT2D eigenvalue weighted by atomic mass is 10.2. The summed E-state index contributed by atoms with van der Waals surface area (Å²) in [5.41, 5.74) is 3.00. The van der Waals surface area contributed by atoms with Gasteiger partial charge < -0.3 is 10.6 Å². The average molecular weight is 298 g/mol. The van der Waals surface area contributed by atoms with Crippen LogP contribution >= 0.6 is 12.4 Å². The molecule has 1 amide bonds. The quantitative estimate of drug-likeness (QED) is 0.887. The monoisotopic (exact) mass is 297 g/mol. The van der Waals surface area contributed by atoms with E-state index in [2.05, 4.69) is 20.7 Å². The lowest BCUT2D eigenvalue weighted by molar-refractivity contribution is 0.0949. The van der Waals surface area contributed by atoms with Crippen molar-refractivity contribution in [1.29, 1.82) is 0 Å². The van der Waals surface area contributed by atoms with Gasteiger partial charge in [0.25, 0.3) is 5.91 Å². The van der Waals surface area contributed by atoms with E-state index in [9.17, 15) is 4.79 Å². The highest BCUT2D eigenvalue weighted by molar-refractivity contribution is 5.95. The molecule has 2 rings (SSSR count). The average Bonchev–Trinajstić information content (AvgIpc) is 2.77. The van der Waals surface area contributed by atoms with Gasteiger partial charge in [-0.3, -0.25) is 4.79 Å². The van der Waals surface area contributed by atoms with E-state index in [1.54, 1.807) is 10.7 Å². The van der Waals surface area contributed by atoms with Crippen molar-refractivity contribution < 1.29 is 4.79 Å². The van der Waals surface area contributed by atoms with Crippen LogP contribution in [0.25, 0.3) is 5.65 Å². The molecule has 20 heavy (non-hydrogen) atoms. The Hall–Kier alpha value is -1.66. The molecule has 2 aromatic rings. The van der Waals surface area contributed by atoms with Crippen molar-refractivity contribution >= 4 is 24.0 Å². The molecule has 7 heteroatoms. The number of aromatic nitrogens is 3. The van der Waals surface area contributed by atoms with Crippen LogP contribution in [0.15, 0.2) is 12.3 Å². The van der Waals surface area contributed by atoms with Gasteiger partial charge >= 0.3 is 0 Å². The van der Waals surface area contributed by atoms with E-state index in [0.717, 1.165) is 17.0 Å². The maximum Gasteiger partial charge on any atom is 0.254 e. The number of halogens is 1. The molecular formula is C13H20ClN5O. The molecule has 0 aliphatic carbocycles. The first-order valence-corrected chi connectivity index (χ1v) is 6.30. The van der Waals surface area contributed by atoms with Crippen molar-refractivity contribution in [2.24, 2.45) is 0 Å². The van der Waals surface area contributed by atoms with Gasteiger partial charge in [0.1, 0.15) is 0 Å². The second-order valence-corrected chi connectivity index (χ2v) is 4.71. The second kappa shape index (κ2) is 6.67. The van der Waals surface area contributed by atoms with Gasteiger partial charge in [0, 0.05) is 24.8 Å². The fourth-order valence-electron chi connectivity index (χ4n) is 1.83. The number of nitrogens with one attached hydrogen (secondary N) is 2. The fraction of sp³-hybridized carbons (Fsp3) is 0.462. The molecule has 1 unspecified atom stereocenters. The van der Waals surface area contributed by atoms with Crippen LogP contribution in [-0.2, 0) is 0 Å². The summed E-state index contributed by atoms with van der Waals surface area (Å²) >= 11 is 0. The Morgan fingerprint density at radius 3 is 2.80 bits per heavy atom. The zero-order valence-corrected chi connectivity index (χ0v) is 12.9. The Morgan fingerprint density at radius 2 is 2.15 bits per heavy atom. The number of carbonyl (C=O) groups is 1. The fourth-order valence-corrected chi connectivity index (χ4v) is 1.83. The van der Waals surface area contributed by atoms with E-state index in [0.29, 0.717) is 12.1 Å². The minimum atomic E-state index is -0.123. The molecule has 2 aromatic heterocycles. The minimum Gasteiger partial charge on any atom is -0.350 e. The van der Waals surface area contributed by atoms with Gasteiger partial charge in [-0.25, -0.2) is 9.50 Å². The predicted molar refractivity (Wildman–Crippen MR) is 80.6 cm³/mol. The molecule has 0 saturated heterocycles. The van der Waals surface area contributed by atoms with Gasteiger partial charge in [-0.15, -0.1) is 12.4 Å². The number of carbonyl (C=O) groups excluding carboxylic acids is 1. The van der Waals surface area contributed by atoms with Crippen LogP contribution in [0.2, 0.25) is 0 Å². The van der Waals surface area contributed by atoms with Crippen molar-refractivity contribution in [2.45, 2.75) is 26.8 Å². The SMILES string of the molecule is CNC(C)CNC(=O)c1cnc2cc(C)nn2c1C.Cl. The maximum absolute atomic E-state index is 12.1. The predicted octanol–water partition coefficient (Wildman–Crippen LogP) is 1.11. The number of aryl methyl sites for hydroxylation is 2. The van der Waals surface area contributed by atoms with Crippen molar-refractivity contribution in [3.8, 4) is 0 Å². The van der Waals surface area contributed by atoms with E-state index >= 15 is 0 Å². The number of likely N-dealkylation sites (N-methyl/N-ethyl adjacent to an activating group) is 1. The van der Waals surface area contributed by atoms with Crippen molar-refractivity contribution in [1.82, 2.24) is 25.2 Å². The lowest BCUT2D eigenvalue weighted by Crippen LogP contribution is -2.37. The number of hydrogen-bond donors (Lipinski definition) is 2. The summed E-state index contributed by atoms with van der Waals surface area (Å²) in [6.45, 7) is 6.36. The van der Waals surface area contributed by atoms with Crippen LogP contribution < -0.4 is 10.6 Å². The third-order valence-corrected chi connectivity index (χ3v) is 3.15. The second-order valence-electron chi connectivity index (χ2n) is 4.71. The van der Waals surface area contributed by atoms with Crippen LogP contribution in [0.4, 0.5) is 0 Å². The first-order chi connectivity index (χ1) is 9.02. The number of nitrogens with zero attached hydrogens (tertiary/aromatic N) is 3.